The molecule has 7 nitrogen and oxygen atoms in total. The Labute approximate surface area is 123 Å². The number of hydrogen-bond acceptors (Lipinski definition) is 3. The van der Waals surface area contributed by atoms with Crippen LogP contribution in [0.1, 0.15) is 31.0 Å². The molecule has 0 saturated carbocycles. The van der Waals surface area contributed by atoms with E-state index >= 15 is 0 Å². The lowest BCUT2D eigenvalue weighted by molar-refractivity contribution is -0.143. The molecule has 7 heteroatoms. The van der Waals surface area contributed by atoms with Gasteiger partial charge in [0.25, 0.3) is 0 Å². The second-order valence-corrected chi connectivity index (χ2v) is 5.41. The number of nitrogens with zero attached hydrogens (tertiary/aromatic N) is 3. The predicted molar refractivity (Wildman–Crippen MR) is 76.8 cm³/mol. The molecule has 1 aromatic rings. The van der Waals surface area contributed by atoms with Crippen LogP contribution in [0, 0.1) is 5.92 Å². The van der Waals surface area contributed by atoms with E-state index in [1.807, 2.05) is 20.2 Å². The summed E-state index contributed by atoms with van der Waals surface area (Å²) < 4.78 is 1.74. The molecule has 2 N–H and O–H groups in total. The number of carboxylic acids is 1. The summed E-state index contributed by atoms with van der Waals surface area (Å²) in [6.45, 7) is 3.35. The molecular weight excluding hydrogens is 272 g/mol. The highest BCUT2D eigenvalue weighted by molar-refractivity contribution is 5.76. The van der Waals surface area contributed by atoms with Crippen molar-refractivity contribution in [3.05, 3.63) is 17.5 Å². The molecule has 1 unspecified atom stereocenters. The van der Waals surface area contributed by atoms with Crippen LogP contribution < -0.4 is 5.32 Å². The molecule has 1 aromatic heterocycles. The summed E-state index contributed by atoms with van der Waals surface area (Å²) in [5, 5.41) is 16.2. The van der Waals surface area contributed by atoms with E-state index in [1.54, 1.807) is 9.58 Å². The quantitative estimate of drug-likeness (QED) is 0.867. The fourth-order valence-corrected chi connectivity index (χ4v) is 2.67. The SMILES string of the molecule is CCc1nn(C)cc1CNC(=O)N1CCCC(C(=O)O)C1. The third kappa shape index (κ3) is 3.74. The van der Waals surface area contributed by atoms with Crippen LogP contribution in [0.15, 0.2) is 6.20 Å². The average Bonchev–Trinajstić information content (AvgIpc) is 2.85. The van der Waals surface area contributed by atoms with Crippen molar-refractivity contribution in [2.24, 2.45) is 13.0 Å². The van der Waals surface area contributed by atoms with Gasteiger partial charge in [-0.25, -0.2) is 4.79 Å². The van der Waals surface area contributed by atoms with Crippen LogP contribution in [0.4, 0.5) is 4.79 Å². The van der Waals surface area contributed by atoms with Crippen molar-refractivity contribution < 1.29 is 14.7 Å². The Hall–Kier alpha value is -2.05. The standard InChI is InChI=1S/C14H22N4O3/c1-3-12-11(8-17(2)16-12)7-15-14(21)18-6-4-5-10(9-18)13(19)20/h8,10H,3-7,9H2,1-2H3,(H,15,21)(H,19,20). The highest BCUT2D eigenvalue weighted by Crippen LogP contribution is 2.16. The number of aliphatic carboxylic acids is 1. The zero-order chi connectivity index (χ0) is 15.4. The number of aryl methyl sites for hydroxylation is 2. The molecule has 1 fully saturated rings. The van der Waals surface area contributed by atoms with E-state index in [0.29, 0.717) is 19.5 Å². The third-order valence-electron chi connectivity index (χ3n) is 3.81. The van der Waals surface area contributed by atoms with Gasteiger partial charge in [-0.2, -0.15) is 5.10 Å². The number of hydrogen-bond donors (Lipinski definition) is 2. The number of urea groups is 1. The highest BCUT2D eigenvalue weighted by Gasteiger charge is 2.28. The summed E-state index contributed by atoms with van der Waals surface area (Å²) in [5.74, 6) is -1.28. The first-order chi connectivity index (χ1) is 10.0. The average molecular weight is 294 g/mol. The van der Waals surface area contributed by atoms with Crippen LogP contribution in [0.25, 0.3) is 0 Å². The Bertz CT molecular complexity index is 526. The number of carbonyl (C=O) groups excluding carboxylic acids is 1. The largest absolute Gasteiger partial charge is 0.481 e. The van der Waals surface area contributed by atoms with Gasteiger partial charge in [-0.1, -0.05) is 6.92 Å². The van der Waals surface area contributed by atoms with E-state index in [4.69, 9.17) is 5.11 Å². The summed E-state index contributed by atoms with van der Waals surface area (Å²) >= 11 is 0. The predicted octanol–water partition coefficient (Wildman–Crippen LogP) is 0.989. The van der Waals surface area contributed by atoms with Gasteiger partial charge in [-0.3, -0.25) is 9.48 Å². The Morgan fingerprint density at radius 2 is 2.29 bits per heavy atom. The van der Waals surface area contributed by atoms with Crippen molar-refractivity contribution in [1.82, 2.24) is 20.0 Å². The summed E-state index contributed by atoms with van der Waals surface area (Å²) in [6, 6.07) is -0.202. The lowest BCUT2D eigenvalue weighted by Gasteiger charge is -2.30. The van der Waals surface area contributed by atoms with Crippen LogP contribution in [-0.4, -0.2) is 44.9 Å². The maximum atomic E-state index is 12.1. The van der Waals surface area contributed by atoms with Crippen molar-refractivity contribution in [3.63, 3.8) is 0 Å². The fourth-order valence-electron chi connectivity index (χ4n) is 2.67. The molecule has 2 rings (SSSR count). The number of carboxylic acid groups (broad SMARTS) is 1. The third-order valence-corrected chi connectivity index (χ3v) is 3.81. The number of rotatable bonds is 4. The van der Waals surface area contributed by atoms with Crippen molar-refractivity contribution in [2.75, 3.05) is 13.1 Å². The summed E-state index contributed by atoms with van der Waals surface area (Å²) in [6.07, 6.45) is 4.09. The smallest absolute Gasteiger partial charge is 0.317 e. The van der Waals surface area contributed by atoms with E-state index in [2.05, 4.69) is 10.4 Å². The first-order valence-electron chi connectivity index (χ1n) is 7.28. The zero-order valence-corrected chi connectivity index (χ0v) is 12.5. The number of nitrogens with one attached hydrogen (secondary N) is 1. The van der Waals surface area contributed by atoms with Crippen LogP contribution in [0.2, 0.25) is 0 Å². The van der Waals surface area contributed by atoms with Crippen LogP contribution in [0.3, 0.4) is 0 Å². The molecule has 2 amide bonds. The van der Waals surface area contributed by atoms with Gasteiger partial charge in [-0.05, 0) is 19.3 Å². The molecule has 0 aromatic carbocycles. The summed E-state index contributed by atoms with van der Waals surface area (Å²) in [5.41, 5.74) is 1.97. The minimum Gasteiger partial charge on any atom is -0.481 e. The van der Waals surface area contributed by atoms with Gasteiger partial charge in [-0.15, -0.1) is 0 Å². The normalized spacial score (nSPS) is 18.6. The zero-order valence-electron chi connectivity index (χ0n) is 12.5. The Morgan fingerprint density at radius 1 is 1.52 bits per heavy atom. The van der Waals surface area contributed by atoms with Gasteiger partial charge in [0.15, 0.2) is 0 Å². The topological polar surface area (TPSA) is 87.5 Å². The van der Waals surface area contributed by atoms with E-state index < -0.39 is 11.9 Å². The van der Waals surface area contributed by atoms with E-state index in [-0.39, 0.29) is 12.6 Å². The van der Waals surface area contributed by atoms with Crippen molar-refractivity contribution in [2.45, 2.75) is 32.7 Å². The molecular formula is C14H22N4O3. The molecule has 1 saturated heterocycles. The maximum Gasteiger partial charge on any atom is 0.317 e. The lowest BCUT2D eigenvalue weighted by Crippen LogP contribution is -2.46. The van der Waals surface area contributed by atoms with Crippen molar-refractivity contribution in [3.8, 4) is 0 Å². The number of aromatic nitrogens is 2. The minimum atomic E-state index is -0.826. The van der Waals surface area contributed by atoms with Crippen LogP contribution >= 0.6 is 0 Å². The van der Waals surface area contributed by atoms with Crippen molar-refractivity contribution in [1.29, 1.82) is 0 Å². The molecule has 2 heterocycles. The van der Waals surface area contributed by atoms with E-state index in [1.165, 1.54) is 0 Å². The number of likely N-dealkylation sites (tertiary alicyclic amines) is 1. The maximum absolute atomic E-state index is 12.1. The van der Waals surface area contributed by atoms with Gasteiger partial charge < -0.3 is 15.3 Å². The monoisotopic (exact) mass is 294 g/mol. The van der Waals surface area contributed by atoms with E-state index in [9.17, 15) is 9.59 Å². The van der Waals surface area contributed by atoms with Crippen molar-refractivity contribution >= 4 is 12.0 Å². The van der Waals surface area contributed by atoms with Crippen LogP contribution in [0.5, 0.6) is 0 Å². The Morgan fingerprint density at radius 3 is 2.95 bits per heavy atom. The van der Waals surface area contributed by atoms with Gasteiger partial charge in [0.05, 0.1) is 11.6 Å². The minimum absolute atomic E-state index is 0.202. The molecule has 1 aliphatic heterocycles. The molecule has 0 bridgehead atoms. The first-order valence-corrected chi connectivity index (χ1v) is 7.28. The molecule has 0 aliphatic carbocycles. The van der Waals surface area contributed by atoms with E-state index in [0.717, 1.165) is 24.1 Å². The second-order valence-electron chi connectivity index (χ2n) is 5.41. The Balaban J connectivity index is 1.90. The summed E-state index contributed by atoms with van der Waals surface area (Å²) in [4.78, 5) is 24.7. The molecule has 116 valence electrons. The van der Waals surface area contributed by atoms with Gasteiger partial charge in [0.1, 0.15) is 0 Å². The van der Waals surface area contributed by atoms with Gasteiger partial charge >= 0.3 is 12.0 Å². The second kappa shape index (κ2) is 6.60. The lowest BCUT2D eigenvalue weighted by atomic mass is 9.99. The number of amides is 2. The molecule has 0 radical (unpaired) electrons. The number of piperidine rings is 1. The Kier molecular flexibility index (Phi) is 4.82. The summed E-state index contributed by atoms with van der Waals surface area (Å²) in [7, 11) is 1.85. The highest BCUT2D eigenvalue weighted by atomic mass is 16.4. The van der Waals surface area contributed by atoms with Gasteiger partial charge in [0, 0.05) is 38.4 Å². The van der Waals surface area contributed by atoms with Crippen LogP contribution in [-0.2, 0) is 24.8 Å². The first kappa shape index (κ1) is 15.3. The molecule has 1 atom stereocenters. The fraction of sp³-hybridized carbons (Fsp3) is 0.643. The molecule has 0 spiro atoms. The van der Waals surface area contributed by atoms with Gasteiger partial charge in [0.2, 0.25) is 0 Å². The molecule has 21 heavy (non-hydrogen) atoms. The molecule has 1 aliphatic rings. The number of carbonyl (C=O) groups is 2.